The van der Waals surface area contributed by atoms with Crippen LogP contribution in [0.25, 0.3) is 0 Å². The quantitative estimate of drug-likeness (QED) is 0.685. The maximum absolute atomic E-state index is 9.27. The van der Waals surface area contributed by atoms with Crippen LogP contribution >= 0.6 is 0 Å². The van der Waals surface area contributed by atoms with Gasteiger partial charge < -0.3 is 5.11 Å². The second-order valence-corrected chi connectivity index (χ2v) is 2.94. The minimum atomic E-state index is -0.266. The van der Waals surface area contributed by atoms with Gasteiger partial charge in [-0.15, -0.1) is 0 Å². The van der Waals surface area contributed by atoms with E-state index in [1.807, 2.05) is 44.2 Å². The number of hydrogen-bond acceptors (Lipinski definition) is 1. The van der Waals surface area contributed by atoms with Gasteiger partial charge in [-0.25, -0.2) is 0 Å². The Morgan fingerprint density at radius 1 is 1.09 bits per heavy atom. The molecule has 0 aliphatic heterocycles. The van der Waals surface area contributed by atoms with Gasteiger partial charge in [0, 0.05) is 5.92 Å². The van der Waals surface area contributed by atoms with Crippen LogP contribution in [0.5, 0.6) is 0 Å². The van der Waals surface area contributed by atoms with Crippen LogP contribution in [0.15, 0.2) is 30.3 Å². The molecule has 1 unspecified atom stereocenters. The fourth-order valence-corrected chi connectivity index (χ4v) is 1.04. The summed E-state index contributed by atoms with van der Waals surface area (Å²) in [5, 5.41) is 9.27. The Morgan fingerprint density at radius 3 is 2.09 bits per heavy atom. The standard InChI is InChI=1S/C10H14O/c1-8(9(2)11)10-6-4-3-5-7-10/h3-9,11H,1-2H3/t8?,9-/m1/s1. The summed E-state index contributed by atoms with van der Waals surface area (Å²) in [7, 11) is 0. The maximum atomic E-state index is 9.27. The highest BCUT2D eigenvalue weighted by Crippen LogP contribution is 2.17. The molecule has 1 aromatic rings. The molecule has 0 aliphatic rings. The van der Waals surface area contributed by atoms with Crippen LogP contribution in [0.2, 0.25) is 0 Å². The van der Waals surface area contributed by atoms with Crippen molar-refractivity contribution in [3.8, 4) is 0 Å². The molecule has 0 fully saturated rings. The smallest absolute Gasteiger partial charge is 0.0577 e. The van der Waals surface area contributed by atoms with Crippen molar-refractivity contribution in [3.63, 3.8) is 0 Å². The molecule has 0 radical (unpaired) electrons. The third-order valence-electron chi connectivity index (χ3n) is 2.05. The van der Waals surface area contributed by atoms with E-state index in [2.05, 4.69) is 0 Å². The number of aliphatic hydroxyl groups excluding tert-OH is 1. The molecule has 0 bridgehead atoms. The molecule has 0 heterocycles. The minimum Gasteiger partial charge on any atom is -0.393 e. The molecule has 1 N–H and O–H groups in total. The van der Waals surface area contributed by atoms with E-state index in [1.165, 1.54) is 5.56 Å². The molecular weight excluding hydrogens is 136 g/mol. The first-order valence-corrected chi connectivity index (χ1v) is 3.95. The molecule has 0 amide bonds. The van der Waals surface area contributed by atoms with Crippen molar-refractivity contribution in [1.29, 1.82) is 0 Å². The predicted molar refractivity (Wildman–Crippen MR) is 46.5 cm³/mol. The van der Waals surface area contributed by atoms with Crippen LogP contribution in [0.1, 0.15) is 25.3 Å². The fourth-order valence-electron chi connectivity index (χ4n) is 1.04. The van der Waals surface area contributed by atoms with Crippen molar-refractivity contribution in [2.24, 2.45) is 0 Å². The van der Waals surface area contributed by atoms with Gasteiger partial charge in [0.25, 0.3) is 0 Å². The van der Waals surface area contributed by atoms with Crippen LogP contribution in [0.3, 0.4) is 0 Å². The van der Waals surface area contributed by atoms with E-state index >= 15 is 0 Å². The van der Waals surface area contributed by atoms with Crippen LogP contribution in [-0.2, 0) is 0 Å². The van der Waals surface area contributed by atoms with Gasteiger partial charge in [-0.3, -0.25) is 0 Å². The van der Waals surface area contributed by atoms with Crippen LogP contribution < -0.4 is 0 Å². The van der Waals surface area contributed by atoms with Crippen LogP contribution in [-0.4, -0.2) is 11.2 Å². The summed E-state index contributed by atoms with van der Waals surface area (Å²) in [6.45, 7) is 3.84. The van der Waals surface area contributed by atoms with Gasteiger partial charge in [-0.2, -0.15) is 0 Å². The number of benzene rings is 1. The van der Waals surface area contributed by atoms with Gasteiger partial charge in [0.2, 0.25) is 0 Å². The Morgan fingerprint density at radius 2 is 1.64 bits per heavy atom. The molecule has 2 atom stereocenters. The molecule has 0 aromatic heterocycles. The molecule has 1 aromatic carbocycles. The minimum absolute atomic E-state index is 0.233. The van der Waals surface area contributed by atoms with E-state index in [-0.39, 0.29) is 12.0 Å². The first kappa shape index (κ1) is 8.28. The zero-order valence-electron chi connectivity index (χ0n) is 6.99. The largest absolute Gasteiger partial charge is 0.393 e. The van der Waals surface area contributed by atoms with Crippen LogP contribution in [0.4, 0.5) is 0 Å². The predicted octanol–water partition coefficient (Wildman–Crippen LogP) is 2.17. The van der Waals surface area contributed by atoms with Crippen molar-refractivity contribution in [3.05, 3.63) is 35.9 Å². The van der Waals surface area contributed by atoms with E-state index in [0.29, 0.717) is 0 Å². The lowest BCUT2D eigenvalue weighted by atomic mass is 9.97. The SMILES string of the molecule is CC(c1ccccc1)[C@@H](C)O. The van der Waals surface area contributed by atoms with Gasteiger partial charge in [-0.05, 0) is 12.5 Å². The summed E-state index contributed by atoms with van der Waals surface area (Å²) >= 11 is 0. The van der Waals surface area contributed by atoms with Crippen molar-refractivity contribution in [1.82, 2.24) is 0 Å². The summed E-state index contributed by atoms with van der Waals surface area (Å²) in [6, 6.07) is 10.1. The molecular formula is C10H14O. The zero-order valence-corrected chi connectivity index (χ0v) is 6.99. The molecule has 0 spiro atoms. The Balaban J connectivity index is 2.77. The summed E-state index contributed by atoms with van der Waals surface area (Å²) in [5.41, 5.74) is 1.20. The third kappa shape index (κ3) is 2.05. The van der Waals surface area contributed by atoms with E-state index in [0.717, 1.165) is 0 Å². The summed E-state index contributed by atoms with van der Waals surface area (Å²) in [6.07, 6.45) is -0.266. The highest BCUT2D eigenvalue weighted by molar-refractivity contribution is 5.19. The Bertz CT molecular complexity index is 203. The van der Waals surface area contributed by atoms with Crippen molar-refractivity contribution < 1.29 is 5.11 Å². The fraction of sp³-hybridized carbons (Fsp3) is 0.400. The van der Waals surface area contributed by atoms with Gasteiger partial charge in [0.15, 0.2) is 0 Å². The van der Waals surface area contributed by atoms with Crippen molar-refractivity contribution in [2.45, 2.75) is 25.9 Å². The average Bonchev–Trinajstić information content (AvgIpc) is 2.05. The lowest BCUT2D eigenvalue weighted by Crippen LogP contribution is -2.10. The molecule has 0 saturated heterocycles. The average molecular weight is 150 g/mol. The molecule has 11 heavy (non-hydrogen) atoms. The van der Waals surface area contributed by atoms with E-state index < -0.39 is 0 Å². The first-order valence-electron chi connectivity index (χ1n) is 3.95. The second-order valence-electron chi connectivity index (χ2n) is 2.94. The molecule has 60 valence electrons. The second kappa shape index (κ2) is 3.54. The van der Waals surface area contributed by atoms with Crippen LogP contribution in [0, 0.1) is 0 Å². The zero-order chi connectivity index (χ0) is 8.27. The lowest BCUT2D eigenvalue weighted by molar-refractivity contribution is 0.169. The maximum Gasteiger partial charge on any atom is 0.0577 e. The third-order valence-corrected chi connectivity index (χ3v) is 2.05. The molecule has 1 nitrogen and oxygen atoms in total. The van der Waals surface area contributed by atoms with E-state index in [4.69, 9.17) is 0 Å². The number of aliphatic hydroxyl groups is 1. The monoisotopic (exact) mass is 150 g/mol. The van der Waals surface area contributed by atoms with Gasteiger partial charge in [0.1, 0.15) is 0 Å². The Labute approximate surface area is 67.7 Å². The van der Waals surface area contributed by atoms with Gasteiger partial charge in [-0.1, -0.05) is 37.3 Å². The van der Waals surface area contributed by atoms with Gasteiger partial charge >= 0.3 is 0 Å². The normalized spacial score (nSPS) is 15.9. The summed E-state index contributed by atoms with van der Waals surface area (Å²) < 4.78 is 0. The lowest BCUT2D eigenvalue weighted by Gasteiger charge is -2.14. The first-order chi connectivity index (χ1) is 5.22. The topological polar surface area (TPSA) is 20.2 Å². The van der Waals surface area contributed by atoms with E-state index in [1.54, 1.807) is 0 Å². The molecule has 0 aliphatic carbocycles. The Hall–Kier alpha value is -0.820. The highest BCUT2D eigenvalue weighted by Gasteiger charge is 2.09. The number of rotatable bonds is 2. The highest BCUT2D eigenvalue weighted by atomic mass is 16.3. The molecule has 1 heteroatoms. The van der Waals surface area contributed by atoms with Crippen molar-refractivity contribution in [2.75, 3.05) is 0 Å². The summed E-state index contributed by atoms with van der Waals surface area (Å²) in [5.74, 6) is 0.233. The van der Waals surface area contributed by atoms with Crippen molar-refractivity contribution >= 4 is 0 Å². The van der Waals surface area contributed by atoms with E-state index in [9.17, 15) is 5.11 Å². The van der Waals surface area contributed by atoms with Gasteiger partial charge in [0.05, 0.1) is 6.10 Å². The summed E-state index contributed by atoms with van der Waals surface area (Å²) in [4.78, 5) is 0. The number of hydrogen-bond donors (Lipinski definition) is 1. The molecule has 0 saturated carbocycles. The molecule has 1 rings (SSSR count). The Kier molecular flexibility index (Phi) is 2.66.